The van der Waals surface area contributed by atoms with Crippen LogP contribution in [0.5, 0.6) is 0 Å². The molecule has 1 aromatic heterocycles. The number of anilines is 2. The Hall–Kier alpha value is -1.17. The second kappa shape index (κ2) is 5.65. The van der Waals surface area contributed by atoms with Crippen LogP contribution < -0.4 is 10.6 Å². The lowest BCUT2D eigenvalue weighted by molar-refractivity contribution is 1.35. The second-order valence-electron chi connectivity index (χ2n) is 3.87. The Labute approximate surface area is 120 Å². The molecule has 2 aromatic rings. The lowest BCUT2D eigenvalue weighted by Crippen LogP contribution is -2.18. The van der Waals surface area contributed by atoms with E-state index in [1.165, 1.54) is 11.5 Å². The van der Waals surface area contributed by atoms with E-state index < -0.39 is 0 Å². The van der Waals surface area contributed by atoms with Gasteiger partial charge in [0.1, 0.15) is 5.00 Å². The van der Waals surface area contributed by atoms with Gasteiger partial charge in [-0.1, -0.05) is 17.7 Å². The van der Waals surface area contributed by atoms with Crippen LogP contribution in [0.4, 0.5) is 10.7 Å². The number of rotatable bonds is 2. The van der Waals surface area contributed by atoms with Crippen molar-refractivity contribution >= 4 is 51.2 Å². The van der Waals surface area contributed by atoms with Crippen molar-refractivity contribution in [1.29, 1.82) is 0 Å². The van der Waals surface area contributed by atoms with Crippen molar-refractivity contribution in [2.45, 2.75) is 13.8 Å². The summed E-state index contributed by atoms with van der Waals surface area (Å²) in [6.07, 6.45) is 0. The highest BCUT2D eigenvalue weighted by atomic mass is 35.5. The number of hydrogen-bond acceptors (Lipinski definition) is 3. The van der Waals surface area contributed by atoms with E-state index in [-0.39, 0.29) is 0 Å². The largest absolute Gasteiger partial charge is 0.332 e. The monoisotopic (exact) mass is 297 g/mol. The van der Waals surface area contributed by atoms with Crippen LogP contribution in [-0.2, 0) is 0 Å². The first kappa shape index (κ1) is 13.3. The van der Waals surface area contributed by atoms with E-state index in [0.717, 1.165) is 21.9 Å². The van der Waals surface area contributed by atoms with Crippen molar-refractivity contribution in [3.8, 4) is 0 Å². The molecule has 0 aliphatic rings. The normalized spacial score (nSPS) is 10.2. The summed E-state index contributed by atoms with van der Waals surface area (Å²) in [4.78, 5) is 0. The molecular formula is C12H12ClN3S2. The summed E-state index contributed by atoms with van der Waals surface area (Å²) in [5.74, 6) is 0. The molecule has 1 aromatic carbocycles. The number of aromatic nitrogens is 1. The standard InChI is InChI=1S/C12H12ClN3S2/c1-7-3-4-9(13)6-10(7)14-12(17)15-11-5-8(2)16-18-11/h3-6H,1-2H3,(H2,14,15,17). The first-order chi connectivity index (χ1) is 8.54. The molecule has 18 heavy (non-hydrogen) atoms. The first-order valence-electron chi connectivity index (χ1n) is 5.32. The maximum Gasteiger partial charge on any atom is 0.175 e. The molecule has 0 spiro atoms. The van der Waals surface area contributed by atoms with Crippen molar-refractivity contribution in [3.05, 3.63) is 40.5 Å². The second-order valence-corrected chi connectivity index (χ2v) is 5.52. The van der Waals surface area contributed by atoms with Crippen LogP contribution >= 0.6 is 35.4 Å². The minimum Gasteiger partial charge on any atom is -0.332 e. The summed E-state index contributed by atoms with van der Waals surface area (Å²) >= 11 is 12.6. The molecule has 6 heteroatoms. The minimum absolute atomic E-state index is 0.531. The predicted octanol–water partition coefficient (Wildman–Crippen LogP) is 4.22. The highest BCUT2D eigenvalue weighted by Gasteiger charge is 2.04. The zero-order chi connectivity index (χ0) is 13.1. The van der Waals surface area contributed by atoms with E-state index in [4.69, 9.17) is 23.8 Å². The number of benzene rings is 1. The summed E-state index contributed by atoms with van der Waals surface area (Å²) < 4.78 is 4.18. The molecule has 0 saturated carbocycles. The van der Waals surface area contributed by atoms with Crippen molar-refractivity contribution in [2.24, 2.45) is 0 Å². The number of nitrogens with zero attached hydrogens (tertiary/aromatic N) is 1. The van der Waals surface area contributed by atoms with Crippen molar-refractivity contribution in [3.63, 3.8) is 0 Å². The van der Waals surface area contributed by atoms with E-state index in [0.29, 0.717) is 10.1 Å². The van der Waals surface area contributed by atoms with Crippen LogP contribution in [0, 0.1) is 13.8 Å². The van der Waals surface area contributed by atoms with Crippen molar-refractivity contribution in [1.82, 2.24) is 4.37 Å². The molecule has 0 saturated heterocycles. The molecule has 3 nitrogen and oxygen atoms in total. The third-order valence-electron chi connectivity index (χ3n) is 2.31. The fourth-order valence-electron chi connectivity index (χ4n) is 1.42. The lowest BCUT2D eigenvalue weighted by atomic mass is 10.2. The van der Waals surface area contributed by atoms with Crippen LogP contribution in [0.25, 0.3) is 0 Å². The van der Waals surface area contributed by atoms with E-state index in [1.807, 2.05) is 38.1 Å². The van der Waals surface area contributed by atoms with Gasteiger partial charge in [-0.3, -0.25) is 0 Å². The van der Waals surface area contributed by atoms with Gasteiger partial charge in [0.15, 0.2) is 5.11 Å². The van der Waals surface area contributed by atoms with Gasteiger partial charge in [0.2, 0.25) is 0 Å². The Bertz CT molecular complexity index is 580. The van der Waals surface area contributed by atoms with Gasteiger partial charge in [0.25, 0.3) is 0 Å². The molecule has 0 fully saturated rings. The Morgan fingerprint density at radius 2 is 2.06 bits per heavy atom. The Kier molecular flexibility index (Phi) is 4.16. The summed E-state index contributed by atoms with van der Waals surface area (Å²) in [6.45, 7) is 3.94. The van der Waals surface area contributed by atoms with Gasteiger partial charge < -0.3 is 10.6 Å². The van der Waals surface area contributed by atoms with Gasteiger partial charge in [-0.25, -0.2) is 0 Å². The molecule has 0 bridgehead atoms. The SMILES string of the molecule is Cc1cc(NC(=S)Nc2cc(Cl)ccc2C)sn1. The Morgan fingerprint density at radius 3 is 2.72 bits per heavy atom. The summed E-state index contributed by atoms with van der Waals surface area (Å²) in [7, 11) is 0. The average Bonchev–Trinajstić information content (AvgIpc) is 2.69. The van der Waals surface area contributed by atoms with Crippen LogP contribution in [0.1, 0.15) is 11.3 Å². The lowest BCUT2D eigenvalue weighted by Gasteiger charge is -2.11. The minimum atomic E-state index is 0.531. The molecule has 2 rings (SSSR count). The van der Waals surface area contributed by atoms with Crippen molar-refractivity contribution in [2.75, 3.05) is 10.6 Å². The van der Waals surface area contributed by atoms with Crippen LogP contribution in [0.15, 0.2) is 24.3 Å². The fourth-order valence-corrected chi connectivity index (χ4v) is 2.54. The highest BCUT2D eigenvalue weighted by Crippen LogP contribution is 2.21. The number of hydrogen-bond donors (Lipinski definition) is 2. The van der Waals surface area contributed by atoms with Gasteiger partial charge in [-0.2, -0.15) is 4.37 Å². The number of halogens is 1. The van der Waals surface area contributed by atoms with E-state index in [1.54, 1.807) is 0 Å². The molecule has 0 aliphatic heterocycles. The van der Waals surface area contributed by atoms with Crippen molar-refractivity contribution < 1.29 is 0 Å². The maximum absolute atomic E-state index is 5.95. The van der Waals surface area contributed by atoms with E-state index >= 15 is 0 Å². The zero-order valence-corrected chi connectivity index (χ0v) is 12.3. The van der Waals surface area contributed by atoms with Crippen LogP contribution in [0.2, 0.25) is 5.02 Å². The van der Waals surface area contributed by atoms with Gasteiger partial charge >= 0.3 is 0 Å². The average molecular weight is 298 g/mol. The van der Waals surface area contributed by atoms with Crippen LogP contribution in [-0.4, -0.2) is 9.49 Å². The van der Waals surface area contributed by atoms with Crippen LogP contribution in [0.3, 0.4) is 0 Å². The smallest absolute Gasteiger partial charge is 0.175 e. The van der Waals surface area contributed by atoms with E-state index in [9.17, 15) is 0 Å². The Morgan fingerprint density at radius 1 is 1.28 bits per heavy atom. The summed E-state index contributed by atoms with van der Waals surface area (Å²) in [5, 5.41) is 8.35. The quantitative estimate of drug-likeness (QED) is 0.814. The van der Waals surface area contributed by atoms with Gasteiger partial charge in [0, 0.05) is 10.7 Å². The fraction of sp³-hybridized carbons (Fsp3) is 0.167. The van der Waals surface area contributed by atoms with Gasteiger partial charge in [0.05, 0.1) is 5.69 Å². The predicted molar refractivity (Wildman–Crippen MR) is 82.9 cm³/mol. The van der Waals surface area contributed by atoms with Gasteiger partial charge in [-0.05, 0) is 61.4 Å². The molecule has 1 heterocycles. The number of thiocarbonyl (C=S) groups is 1. The molecule has 0 radical (unpaired) electrons. The third kappa shape index (κ3) is 3.41. The van der Waals surface area contributed by atoms with Gasteiger partial charge in [-0.15, -0.1) is 0 Å². The topological polar surface area (TPSA) is 37.0 Å². The molecule has 0 aliphatic carbocycles. The van der Waals surface area contributed by atoms with E-state index in [2.05, 4.69) is 15.0 Å². The Balaban J connectivity index is 2.05. The number of aryl methyl sites for hydroxylation is 2. The molecule has 0 amide bonds. The first-order valence-corrected chi connectivity index (χ1v) is 6.88. The third-order valence-corrected chi connectivity index (χ3v) is 3.55. The number of nitrogens with one attached hydrogen (secondary N) is 2. The maximum atomic E-state index is 5.95. The summed E-state index contributed by atoms with van der Waals surface area (Å²) in [6, 6.07) is 7.60. The molecule has 2 N–H and O–H groups in total. The molecule has 0 unspecified atom stereocenters. The molecule has 0 atom stereocenters. The molecular weight excluding hydrogens is 286 g/mol. The zero-order valence-electron chi connectivity index (χ0n) is 9.95. The summed E-state index contributed by atoms with van der Waals surface area (Å²) in [5.41, 5.74) is 2.97. The highest BCUT2D eigenvalue weighted by molar-refractivity contribution is 7.80. The molecule has 94 valence electrons.